The Labute approximate surface area is 93.8 Å². The van der Waals surface area contributed by atoms with Crippen LogP contribution in [0.3, 0.4) is 0 Å². The number of fused-ring (bicyclic) bond motifs is 1. The Bertz CT molecular complexity index is 247. The van der Waals surface area contributed by atoms with Gasteiger partial charge in [-0.3, -0.25) is 4.99 Å². The summed E-state index contributed by atoms with van der Waals surface area (Å²) in [4.78, 5) is 6.89. The highest BCUT2D eigenvalue weighted by Gasteiger charge is 2.34. The van der Waals surface area contributed by atoms with E-state index in [1.807, 2.05) is 7.05 Å². The Kier molecular flexibility index (Phi) is 3.32. The van der Waals surface area contributed by atoms with Crippen molar-refractivity contribution in [3.8, 4) is 0 Å². The lowest BCUT2D eigenvalue weighted by Gasteiger charge is -2.38. The van der Waals surface area contributed by atoms with Crippen LogP contribution in [0.5, 0.6) is 0 Å². The van der Waals surface area contributed by atoms with Crippen LogP contribution in [0.4, 0.5) is 0 Å². The summed E-state index contributed by atoms with van der Waals surface area (Å²) in [6.45, 7) is 3.62. The first kappa shape index (κ1) is 11.0. The number of piperidine rings is 1. The average Bonchev–Trinajstić information content (AvgIpc) is 2.41. The highest BCUT2D eigenvalue weighted by atomic mass is 15.2. The van der Waals surface area contributed by atoms with Crippen molar-refractivity contribution >= 4 is 5.84 Å². The van der Waals surface area contributed by atoms with Crippen LogP contribution in [-0.4, -0.2) is 31.4 Å². The zero-order valence-electron chi connectivity index (χ0n) is 10.4. The van der Waals surface area contributed by atoms with Gasteiger partial charge in [-0.15, -0.1) is 0 Å². The van der Waals surface area contributed by atoms with Gasteiger partial charge in [-0.1, -0.05) is 19.8 Å². The maximum absolute atomic E-state index is 4.52. The van der Waals surface area contributed by atoms with Crippen molar-refractivity contribution in [3.63, 3.8) is 0 Å². The number of aliphatic imine (C=N–C) groups is 1. The van der Waals surface area contributed by atoms with E-state index in [0.717, 1.165) is 17.8 Å². The molecule has 1 heterocycles. The summed E-state index contributed by atoms with van der Waals surface area (Å²) in [6, 6.07) is 0. The van der Waals surface area contributed by atoms with Crippen molar-refractivity contribution in [2.45, 2.75) is 39.0 Å². The fourth-order valence-electron chi connectivity index (χ4n) is 3.32. The summed E-state index contributed by atoms with van der Waals surface area (Å²) in [6.07, 6.45) is 7.00. The molecule has 2 heteroatoms. The van der Waals surface area contributed by atoms with E-state index in [1.165, 1.54) is 44.5 Å². The molecule has 2 nitrogen and oxygen atoms in total. The van der Waals surface area contributed by atoms with Gasteiger partial charge >= 0.3 is 0 Å². The molecule has 3 atom stereocenters. The van der Waals surface area contributed by atoms with Gasteiger partial charge in [0.25, 0.3) is 0 Å². The van der Waals surface area contributed by atoms with Gasteiger partial charge in [0.2, 0.25) is 0 Å². The first-order chi connectivity index (χ1) is 7.22. The molecule has 86 valence electrons. The number of hydrogen-bond donors (Lipinski definition) is 0. The number of rotatable bonds is 0. The maximum atomic E-state index is 4.52. The first-order valence-electron chi connectivity index (χ1n) is 6.40. The maximum Gasteiger partial charge on any atom is 0.102 e. The molecule has 0 N–H and O–H groups in total. The lowest BCUT2D eigenvalue weighted by molar-refractivity contribution is 0.266. The van der Waals surface area contributed by atoms with Crippen LogP contribution in [-0.2, 0) is 0 Å². The van der Waals surface area contributed by atoms with Gasteiger partial charge in [0, 0.05) is 26.6 Å². The number of hydrogen-bond acceptors (Lipinski definition) is 1. The van der Waals surface area contributed by atoms with Crippen molar-refractivity contribution in [3.05, 3.63) is 0 Å². The molecule has 0 aromatic rings. The lowest BCUT2D eigenvalue weighted by Crippen LogP contribution is -2.43. The van der Waals surface area contributed by atoms with E-state index >= 15 is 0 Å². The average molecular weight is 208 g/mol. The van der Waals surface area contributed by atoms with Crippen LogP contribution >= 0.6 is 0 Å². The van der Waals surface area contributed by atoms with Crippen molar-refractivity contribution < 1.29 is 0 Å². The number of likely N-dealkylation sites (tertiary alicyclic amines) is 1. The molecule has 0 aromatic carbocycles. The van der Waals surface area contributed by atoms with Gasteiger partial charge in [0.05, 0.1) is 0 Å². The van der Waals surface area contributed by atoms with E-state index in [1.54, 1.807) is 0 Å². The third-order valence-corrected chi connectivity index (χ3v) is 4.36. The van der Waals surface area contributed by atoms with Crippen LogP contribution in [0.15, 0.2) is 4.99 Å². The number of nitrogens with zero attached hydrogens (tertiary/aromatic N) is 2. The molecule has 1 aliphatic heterocycles. The molecule has 0 spiro atoms. The standard InChI is InChI=1S/C13H24N2/c1-10-4-6-11-8-9-15(3)13(14-2)12(11)7-5-10/h10-12H,4-9H2,1-3H3/b14-13-. The molecule has 0 aromatic heterocycles. The van der Waals surface area contributed by atoms with E-state index < -0.39 is 0 Å². The predicted octanol–water partition coefficient (Wildman–Crippen LogP) is 2.79. The Balaban J connectivity index is 2.14. The second-order valence-electron chi connectivity index (χ2n) is 5.42. The second kappa shape index (κ2) is 4.54. The third kappa shape index (κ3) is 2.19. The van der Waals surface area contributed by atoms with E-state index in [9.17, 15) is 0 Å². The Morgan fingerprint density at radius 3 is 2.60 bits per heavy atom. The van der Waals surface area contributed by atoms with E-state index in [0.29, 0.717) is 0 Å². The fraction of sp³-hybridized carbons (Fsp3) is 0.923. The quantitative estimate of drug-likeness (QED) is 0.597. The number of amidine groups is 1. The summed E-state index contributed by atoms with van der Waals surface area (Å²) in [5.41, 5.74) is 0. The second-order valence-corrected chi connectivity index (χ2v) is 5.42. The highest BCUT2D eigenvalue weighted by Crippen LogP contribution is 2.37. The van der Waals surface area contributed by atoms with Crippen LogP contribution in [0.2, 0.25) is 0 Å². The van der Waals surface area contributed by atoms with Crippen LogP contribution in [0.25, 0.3) is 0 Å². The molecule has 2 fully saturated rings. The zero-order valence-corrected chi connectivity index (χ0v) is 10.4. The lowest BCUT2D eigenvalue weighted by atomic mass is 9.81. The van der Waals surface area contributed by atoms with E-state index in [-0.39, 0.29) is 0 Å². The topological polar surface area (TPSA) is 15.6 Å². The molecule has 0 bridgehead atoms. The first-order valence-corrected chi connectivity index (χ1v) is 6.40. The van der Waals surface area contributed by atoms with Gasteiger partial charge < -0.3 is 4.90 Å². The molecule has 1 saturated heterocycles. The molecule has 1 aliphatic carbocycles. The summed E-state index contributed by atoms with van der Waals surface area (Å²) in [7, 11) is 4.16. The van der Waals surface area contributed by atoms with Crippen LogP contribution < -0.4 is 0 Å². The fourth-order valence-corrected chi connectivity index (χ4v) is 3.32. The van der Waals surface area contributed by atoms with Crippen LogP contribution in [0.1, 0.15) is 39.0 Å². The van der Waals surface area contributed by atoms with Crippen molar-refractivity contribution in [1.29, 1.82) is 0 Å². The zero-order chi connectivity index (χ0) is 10.8. The largest absolute Gasteiger partial charge is 0.363 e. The van der Waals surface area contributed by atoms with Gasteiger partial charge in [-0.25, -0.2) is 0 Å². The summed E-state index contributed by atoms with van der Waals surface area (Å²) in [5, 5.41) is 0. The van der Waals surface area contributed by atoms with Gasteiger partial charge in [0.15, 0.2) is 0 Å². The Hall–Kier alpha value is -0.530. The third-order valence-electron chi connectivity index (χ3n) is 4.36. The molecular weight excluding hydrogens is 184 g/mol. The van der Waals surface area contributed by atoms with Crippen molar-refractivity contribution in [2.75, 3.05) is 20.6 Å². The van der Waals surface area contributed by atoms with Gasteiger partial charge in [-0.05, 0) is 31.1 Å². The SMILES string of the molecule is C/N=C1/C2CCC(C)CCC2CCN1C. The van der Waals surface area contributed by atoms with Crippen molar-refractivity contribution in [2.24, 2.45) is 22.7 Å². The highest BCUT2D eigenvalue weighted by molar-refractivity contribution is 5.85. The van der Waals surface area contributed by atoms with Gasteiger partial charge in [0.1, 0.15) is 5.84 Å². The Morgan fingerprint density at radius 2 is 1.87 bits per heavy atom. The smallest absolute Gasteiger partial charge is 0.102 e. The molecule has 1 saturated carbocycles. The van der Waals surface area contributed by atoms with Gasteiger partial charge in [-0.2, -0.15) is 0 Å². The molecule has 15 heavy (non-hydrogen) atoms. The summed E-state index contributed by atoms with van der Waals surface area (Å²) >= 11 is 0. The molecule has 2 rings (SSSR count). The van der Waals surface area contributed by atoms with E-state index in [2.05, 4.69) is 23.9 Å². The molecule has 2 aliphatic rings. The monoisotopic (exact) mass is 208 g/mol. The summed E-state index contributed by atoms with van der Waals surface area (Å²) < 4.78 is 0. The van der Waals surface area contributed by atoms with Crippen LogP contribution in [0, 0.1) is 17.8 Å². The molecular formula is C13H24N2. The minimum Gasteiger partial charge on any atom is -0.363 e. The Morgan fingerprint density at radius 1 is 1.13 bits per heavy atom. The minimum absolute atomic E-state index is 0.763. The normalized spacial score (nSPS) is 40.1. The predicted molar refractivity (Wildman–Crippen MR) is 65.2 cm³/mol. The van der Waals surface area contributed by atoms with Crippen molar-refractivity contribution in [1.82, 2.24) is 4.90 Å². The minimum atomic E-state index is 0.763. The summed E-state index contributed by atoms with van der Waals surface area (Å²) in [5.74, 6) is 3.99. The molecule has 0 radical (unpaired) electrons. The van der Waals surface area contributed by atoms with E-state index in [4.69, 9.17) is 0 Å². The molecule has 3 unspecified atom stereocenters. The molecule has 0 amide bonds.